The molecule has 0 radical (unpaired) electrons. The number of aromatic nitrogens is 1. The van der Waals surface area contributed by atoms with E-state index < -0.39 is 17.3 Å². The van der Waals surface area contributed by atoms with E-state index in [0.717, 1.165) is 0 Å². The van der Waals surface area contributed by atoms with Gasteiger partial charge in [0.15, 0.2) is 0 Å². The fourth-order valence-corrected chi connectivity index (χ4v) is 1.21. The maximum Gasteiger partial charge on any atom is 0.413 e. The largest absolute Gasteiger partial charge is 0.489 e. The fraction of sp³-hybridized carbons (Fsp3) is 0.571. The maximum atomic E-state index is 11.5. The summed E-state index contributed by atoms with van der Waals surface area (Å²) in [5.41, 5.74) is -1.47. The molecule has 0 spiro atoms. The van der Waals surface area contributed by atoms with Crippen LogP contribution in [0, 0.1) is 0 Å². The Balaban J connectivity index is 2.52. The number of hydrogen-bond donors (Lipinski definition) is 2. The van der Waals surface area contributed by atoms with Crippen LogP contribution in [0.5, 0.6) is 5.75 Å². The van der Waals surface area contributed by atoms with Gasteiger partial charge in [-0.1, -0.05) is 0 Å². The predicted octanol–water partition coefficient (Wildman–Crippen LogP) is 2.58. The molecule has 1 aromatic heterocycles. The van der Waals surface area contributed by atoms with E-state index >= 15 is 0 Å². The SMILES string of the molecule is CC(C)(O)COc1ccc(NC(=O)OC(C)(C)C)nc1. The molecule has 0 bridgehead atoms. The molecule has 0 aliphatic rings. The minimum absolute atomic E-state index is 0.160. The molecule has 0 unspecified atom stereocenters. The minimum Gasteiger partial charge on any atom is -0.489 e. The Kier molecular flexibility index (Phi) is 4.94. The van der Waals surface area contributed by atoms with Crippen LogP contribution in [0.1, 0.15) is 34.6 Å². The minimum atomic E-state index is -0.909. The highest BCUT2D eigenvalue weighted by Gasteiger charge is 2.17. The summed E-state index contributed by atoms with van der Waals surface area (Å²) in [6.45, 7) is 8.82. The molecular weight excluding hydrogens is 260 g/mol. The first-order valence-electron chi connectivity index (χ1n) is 6.36. The number of ether oxygens (including phenoxy) is 2. The Morgan fingerprint density at radius 2 is 1.95 bits per heavy atom. The molecule has 1 aromatic rings. The molecule has 0 aromatic carbocycles. The van der Waals surface area contributed by atoms with Gasteiger partial charge < -0.3 is 14.6 Å². The summed E-state index contributed by atoms with van der Waals surface area (Å²) in [6.07, 6.45) is 0.911. The van der Waals surface area contributed by atoms with Crippen LogP contribution in [0.3, 0.4) is 0 Å². The Morgan fingerprint density at radius 1 is 1.30 bits per heavy atom. The van der Waals surface area contributed by atoms with Crippen LogP contribution in [0.4, 0.5) is 10.6 Å². The van der Waals surface area contributed by atoms with E-state index in [4.69, 9.17) is 9.47 Å². The molecule has 20 heavy (non-hydrogen) atoms. The lowest BCUT2D eigenvalue weighted by Gasteiger charge is -2.19. The van der Waals surface area contributed by atoms with Crippen molar-refractivity contribution in [2.75, 3.05) is 11.9 Å². The number of anilines is 1. The van der Waals surface area contributed by atoms with Gasteiger partial charge in [0.2, 0.25) is 0 Å². The molecular formula is C14H22N2O4. The van der Waals surface area contributed by atoms with Gasteiger partial charge in [-0.25, -0.2) is 9.78 Å². The number of nitrogens with zero attached hydrogens (tertiary/aromatic N) is 1. The summed E-state index contributed by atoms with van der Waals surface area (Å²) in [7, 11) is 0. The first-order valence-corrected chi connectivity index (χ1v) is 6.36. The number of amides is 1. The van der Waals surface area contributed by atoms with Gasteiger partial charge in [-0.15, -0.1) is 0 Å². The predicted molar refractivity (Wildman–Crippen MR) is 75.9 cm³/mol. The molecule has 0 fully saturated rings. The van der Waals surface area contributed by atoms with Crippen LogP contribution in [-0.4, -0.2) is 34.0 Å². The fourth-order valence-electron chi connectivity index (χ4n) is 1.21. The third kappa shape index (κ3) is 6.94. The van der Waals surface area contributed by atoms with Crippen molar-refractivity contribution in [2.24, 2.45) is 0 Å². The quantitative estimate of drug-likeness (QED) is 0.887. The average Bonchev–Trinajstić information content (AvgIpc) is 2.24. The molecule has 1 rings (SSSR count). The van der Waals surface area contributed by atoms with Gasteiger partial charge in [0.1, 0.15) is 23.8 Å². The zero-order chi connectivity index (χ0) is 15.4. The second kappa shape index (κ2) is 6.09. The maximum absolute atomic E-state index is 11.5. The van der Waals surface area contributed by atoms with Crippen LogP contribution >= 0.6 is 0 Å². The number of aliphatic hydroxyl groups is 1. The lowest BCUT2D eigenvalue weighted by atomic mass is 10.2. The van der Waals surface area contributed by atoms with E-state index in [9.17, 15) is 9.90 Å². The normalized spacial score (nSPS) is 11.9. The molecule has 0 saturated heterocycles. The third-order valence-electron chi connectivity index (χ3n) is 1.96. The van der Waals surface area contributed by atoms with Crippen molar-refractivity contribution in [1.82, 2.24) is 4.98 Å². The Labute approximate surface area is 119 Å². The van der Waals surface area contributed by atoms with Gasteiger partial charge in [0.25, 0.3) is 0 Å². The van der Waals surface area contributed by atoms with Crippen LogP contribution in [0.15, 0.2) is 18.3 Å². The molecule has 0 saturated carbocycles. The number of carbonyl (C=O) groups excluding carboxylic acids is 1. The molecule has 0 aliphatic heterocycles. The van der Waals surface area contributed by atoms with E-state index in [2.05, 4.69) is 10.3 Å². The Bertz CT molecular complexity index is 444. The molecule has 0 aliphatic carbocycles. The van der Waals surface area contributed by atoms with Crippen LogP contribution in [-0.2, 0) is 4.74 Å². The Hall–Kier alpha value is -1.82. The molecule has 2 N–H and O–H groups in total. The summed E-state index contributed by atoms with van der Waals surface area (Å²) in [5.74, 6) is 0.886. The first kappa shape index (κ1) is 16.2. The summed E-state index contributed by atoms with van der Waals surface area (Å²) in [5, 5.41) is 12.1. The van der Waals surface area contributed by atoms with Gasteiger partial charge in [-0.05, 0) is 46.8 Å². The van der Waals surface area contributed by atoms with E-state index in [1.807, 2.05) is 0 Å². The Morgan fingerprint density at radius 3 is 2.40 bits per heavy atom. The van der Waals surface area contributed by atoms with Crippen molar-refractivity contribution < 1.29 is 19.4 Å². The molecule has 6 nitrogen and oxygen atoms in total. The van der Waals surface area contributed by atoms with Gasteiger partial charge >= 0.3 is 6.09 Å². The van der Waals surface area contributed by atoms with E-state index in [-0.39, 0.29) is 6.61 Å². The molecule has 6 heteroatoms. The smallest absolute Gasteiger partial charge is 0.413 e. The van der Waals surface area contributed by atoms with E-state index in [1.54, 1.807) is 46.8 Å². The monoisotopic (exact) mass is 282 g/mol. The number of rotatable bonds is 4. The van der Waals surface area contributed by atoms with Gasteiger partial charge in [-0.2, -0.15) is 0 Å². The third-order valence-corrected chi connectivity index (χ3v) is 1.96. The van der Waals surface area contributed by atoms with Gasteiger partial charge in [0.05, 0.1) is 11.8 Å². The molecule has 0 atom stereocenters. The lowest BCUT2D eigenvalue weighted by Crippen LogP contribution is -2.28. The second-order valence-electron chi connectivity index (χ2n) is 6.11. The summed E-state index contributed by atoms with van der Waals surface area (Å²) in [6, 6.07) is 3.26. The molecule has 1 heterocycles. The van der Waals surface area contributed by atoms with Crippen LogP contribution in [0.2, 0.25) is 0 Å². The van der Waals surface area contributed by atoms with Crippen molar-refractivity contribution in [3.05, 3.63) is 18.3 Å². The summed E-state index contributed by atoms with van der Waals surface area (Å²) >= 11 is 0. The zero-order valence-corrected chi connectivity index (χ0v) is 12.6. The van der Waals surface area contributed by atoms with Crippen molar-refractivity contribution in [2.45, 2.75) is 45.8 Å². The highest BCUT2D eigenvalue weighted by atomic mass is 16.6. The number of carbonyl (C=O) groups is 1. The highest BCUT2D eigenvalue weighted by molar-refractivity contribution is 5.83. The number of nitrogens with one attached hydrogen (secondary N) is 1. The summed E-state index contributed by atoms with van der Waals surface area (Å²) < 4.78 is 10.5. The topological polar surface area (TPSA) is 80.7 Å². The lowest BCUT2D eigenvalue weighted by molar-refractivity contribution is 0.0284. The van der Waals surface area contributed by atoms with Crippen molar-refractivity contribution in [3.63, 3.8) is 0 Å². The van der Waals surface area contributed by atoms with Crippen molar-refractivity contribution >= 4 is 11.9 Å². The second-order valence-corrected chi connectivity index (χ2v) is 6.11. The number of hydrogen-bond acceptors (Lipinski definition) is 5. The van der Waals surface area contributed by atoms with Crippen molar-refractivity contribution in [1.29, 1.82) is 0 Å². The van der Waals surface area contributed by atoms with E-state index in [0.29, 0.717) is 11.6 Å². The number of pyridine rings is 1. The zero-order valence-electron chi connectivity index (χ0n) is 12.6. The van der Waals surface area contributed by atoms with E-state index in [1.165, 1.54) is 6.20 Å². The average molecular weight is 282 g/mol. The van der Waals surface area contributed by atoms with Crippen LogP contribution < -0.4 is 10.1 Å². The van der Waals surface area contributed by atoms with Crippen LogP contribution in [0.25, 0.3) is 0 Å². The summed E-state index contributed by atoms with van der Waals surface area (Å²) in [4.78, 5) is 15.6. The molecule has 1 amide bonds. The van der Waals surface area contributed by atoms with Gasteiger partial charge in [0, 0.05) is 0 Å². The molecule has 112 valence electrons. The standard InChI is InChI=1S/C14H22N2O4/c1-13(2,3)20-12(17)16-11-7-6-10(8-15-11)19-9-14(4,5)18/h6-8,18H,9H2,1-5H3,(H,15,16,17). The van der Waals surface area contributed by atoms with Crippen molar-refractivity contribution in [3.8, 4) is 5.75 Å². The van der Waals surface area contributed by atoms with Gasteiger partial charge in [-0.3, -0.25) is 5.32 Å². The highest BCUT2D eigenvalue weighted by Crippen LogP contribution is 2.15. The first-order chi connectivity index (χ1) is 9.05.